The first-order chi connectivity index (χ1) is 13.9. The highest BCUT2D eigenvalue weighted by Gasteiger charge is 2.66. The number of aliphatic carboxylic acids is 1. The Kier molecular flexibility index (Phi) is 3.47. The number of pyridine rings is 1. The minimum Gasteiger partial charge on any atom is -0.480 e. The van der Waals surface area contributed by atoms with E-state index >= 15 is 0 Å². The summed E-state index contributed by atoms with van der Waals surface area (Å²) < 4.78 is 0. The molecule has 5 rings (SSSR count). The summed E-state index contributed by atoms with van der Waals surface area (Å²) in [6, 6.07) is 4.88. The van der Waals surface area contributed by atoms with Gasteiger partial charge in [0, 0.05) is 18.1 Å². The molecule has 4 heterocycles. The van der Waals surface area contributed by atoms with Gasteiger partial charge >= 0.3 is 12.0 Å². The summed E-state index contributed by atoms with van der Waals surface area (Å²) in [4.78, 5) is 57.9. The van der Waals surface area contributed by atoms with Crippen molar-refractivity contribution in [2.24, 2.45) is 0 Å². The number of anilines is 1. The van der Waals surface area contributed by atoms with Crippen LogP contribution in [0.15, 0.2) is 30.5 Å². The van der Waals surface area contributed by atoms with E-state index in [0.717, 1.165) is 4.90 Å². The predicted molar refractivity (Wildman–Crippen MR) is 96.8 cm³/mol. The van der Waals surface area contributed by atoms with Gasteiger partial charge in [0.25, 0.3) is 5.91 Å². The molecule has 3 amide bonds. The number of urea groups is 1. The number of rotatable bonds is 3. The van der Waals surface area contributed by atoms with Gasteiger partial charge in [0.15, 0.2) is 5.78 Å². The first-order valence-electron chi connectivity index (χ1n) is 8.87. The molecule has 3 aliphatic heterocycles. The van der Waals surface area contributed by atoms with Gasteiger partial charge in [0.2, 0.25) is 0 Å². The molecule has 0 aliphatic carbocycles. The minimum absolute atomic E-state index is 0.0921. The molecule has 144 valence electrons. The zero-order chi connectivity index (χ0) is 20.4. The molecule has 0 radical (unpaired) electrons. The molecule has 1 aromatic carbocycles. The third-order valence-corrected chi connectivity index (χ3v) is 5.69. The van der Waals surface area contributed by atoms with E-state index in [0.29, 0.717) is 16.5 Å². The van der Waals surface area contributed by atoms with E-state index in [1.807, 2.05) is 6.07 Å². The second-order valence-electron chi connectivity index (χ2n) is 7.14. The Morgan fingerprint density at radius 3 is 2.76 bits per heavy atom. The van der Waals surface area contributed by atoms with Gasteiger partial charge in [0.1, 0.15) is 24.2 Å². The van der Waals surface area contributed by atoms with Gasteiger partial charge < -0.3 is 5.11 Å². The number of carbonyl (C=O) groups is 4. The average molecular weight is 391 g/mol. The number of nitrogens with zero attached hydrogens (tertiary/aromatic N) is 5. The molecule has 3 fully saturated rings. The highest BCUT2D eigenvalue weighted by atomic mass is 16.4. The number of hydrogen-bond donors (Lipinski definition) is 1. The van der Waals surface area contributed by atoms with E-state index < -0.39 is 36.0 Å². The summed E-state index contributed by atoms with van der Waals surface area (Å²) in [5.74, 6) is -1.99. The van der Waals surface area contributed by atoms with Crippen LogP contribution in [-0.4, -0.2) is 74.8 Å². The number of fused-ring (bicyclic) bond motifs is 6. The molecular weight excluding hydrogens is 378 g/mol. The fourth-order valence-corrected chi connectivity index (χ4v) is 4.58. The molecule has 10 nitrogen and oxygen atoms in total. The number of likely N-dealkylation sites (tertiary alicyclic amines) is 1. The smallest absolute Gasteiger partial charge is 0.332 e. The van der Waals surface area contributed by atoms with Crippen LogP contribution in [0.5, 0.6) is 0 Å². The summed E-state index contributed by atoms with van der Waals surface area (Å²) in [5, 5.41) is 18.8. The molecule has 3 aliphatic rings. The van der Waals surface area contributed by atoms with Crippen LogP contribution in [0.1, 0.15) is 5.56 Å². The number of piperazine rings is 1. The Hall–Kier alpha value is -3.84. The second kappa shape index (κ2) is 5.83. The van der Waals surface area contributed by atoms with Gasteiger partial charge in [-0.15, -0.1) is 0 Å². The van der Waals surface area contributed by atoms with Crippen LogP contribution in [0.4, 0.5) is 10.5 Å². The molecule has 2 aromatic rings. The highest BCUT2D eigenvalue weighted by Crippen LogP contribution is 2.41. The number of carboxylic acid groups (broad SMARTS) is 1. The van der Waals surface area contributed by atoms with Gasteiger partial charge in [-0.1, -0.05) is 0 Å². The fourth-order valence-electron chi connectivity index (χ4n) is 4.58. The lowest BCUT2D eigenvalue weighted by atomic mass is 10.1. The topological polar surface area (TPSA) is 135 Å². The largest absolute Gasteiger partial charge is 0.480 e. The van der Waals surface area contributed by atoms with Crippen molar-refractivity contribution >= 4 is 40.3 Å². The molecule has 29 heavy (non-hydrogen) atoms. The Morgan fingerprint density at radius 2 is 2.03 bits per heavy atom. The quantitative estimate of drug-likeness (QED) is 0.721. The van der Waals surface area contributed by atoms with E-state index in [1.165, 1.54) is 28.1 Å². The Bertz CT molecular complexity index is 1170. The number of hydrogen-bond acceptors (Lipinski definition) is 7. The van der Waals surface area contributed by atoms with Crippen molar-refractivity contribution in [2.45, 2.75) is 18.1 Å². The van der Waals surface area contributed by atoms with E-state index in [1.54, 1.807) is 12.1 Å². The number of carboxylic acids is 1. The van der Waals surface area contributed by atoms with E-state index in [-0.39, 0.29) is 24.6 Å². The van der Waals surface area contributed by atoms with Crippen molar-refractivity contribution in [3.05, 3.63) is 36.0 Å². The van der Waals surface area contributed by atoms with Gasteiger partial charge in [-0.05, 0) is 24.3 Å². The molecule has 3 atom stereocenters. The molecule has 10 heteroatoms. The lowest BCUT2D eigenvalue weighted by Gasteiger charge is -2.31. The standard InChI is InChI=1S/C19H13N5O5/c20-6-9-3-4-11(10-2-1-5-21-14(9)10)24-18(28)16-15-17(27)12(23(16)19(24)29)7-22(15)8-13(25)26/h1-5,12,15-16H,7-8H2,(H,25,26). The van der Waals surface area contributed by atoms with Gasteiger partial charge in [-0.3, -0.25) is 29.2 Å². The lowest BCUT2D eigenvalue weighted by molar-refractivity contribution is -0.140. The number of carbonyl (C=O) groups excluding carboxylic acids is 3. The molecule has 2 bridgehead atoms. The average Bonchev–Trinajstić information content (AvgIpc) is 3.25. The number of benzene rings is 1. The minimum atomic E-state index is -1.10. The number of amides is 3. The zero-order valence-electron chi connectivity index (χ0n) is 14.8. The number of nitriles is 1. The van der Waals surface area contributed by atoms with Gasteiger partial charge in [-0.25, -0.2) is 9.69 Å². The highest BCUT2D eigenvalue weighted by molar-refractivity contribution is 6.28. The summed E-state index contributed by atoms with van der Waals surface area (Å²) in [5.41, 5.74) is 0.965. The van der Waals surface area contributed by atoms with Gasteiger partial charge in [0.05, 0.1) is 23.3 Å². The van der Waals surface area contributed by atoms with Crippen LogP contribution in [0.3, 0.4) is 0 Å². The summed E-state index contributed by atoms with van der Waals surface area (Å²) in [7, 11) is 0. The van der Waals surface area contributed by atoms with Crippen LogP contribution in [0.2, 0.25) is 0 Å². The normalized spacial score (nSPS) is 25.8. The van der Waals surface area contributed by atoms with Crippen molar-refractivity contribution < 1.29 is 24.3 Å². The monoisotopic (exact) mass is 391 g/mol. The zero-order valence-corrected chi connectivity index (χ0v) is 14.8. The number of Topliss-reactive ketones (excluding diaryl/α,β-unsaturated/α-hetero) is 1. The summed E-state index contributed by atoms with van der Waals surface area (Å²) in [6.07, 6.45) is 1.52. The molecule has 0 spiro atoms. The Balaban J connectivity index is 1.59. The van der Waals surface area contributed by atoms with Crippen LogP contribution in [0, 0.1) is 11.3 Å². The van der Waals surface area contributed by atoms with Crippen molar-refractivity contribution in [1.82, 2.24) is 14.8 Å². The first-order valence-corrected chi connectivity index (χ1v) is 8.87. The maximum atomic E-state index is 13.2. The molecule has 0 saturated carbocycles. The third kappa shape index (κ3) is 2.16. The van der Waals surface area contributed by atoms with Crippen LogP contribution in [-0.2, 0) is 14.4 Å². The molecule has 3 saturated heterocycles. The van der Waals surface area contributed by atoms with Crippen molar-refractivity contribution in [3.63, 3.8) is 0 Å². The Labute approximate surface area is 163 Å². The van der Waals surface area contributed by atoms with Crippen LogP contribution < -0.4 is 4.90 Å². The number of aromatic nitrogens is 1. The maximum Gasteiger partial charge on any atom is 0.332 e. The maximum absolute atomic E-state index is 13.2. The molecule has 3 unspecified atom stereocenters. The predicted octanol–water partition coefficient (Wildman–Crippen LogP) is -0.0362. The first kappa shape index (κ1) is 17.3. The van der Waals surface area contributed by atoms with E-state index in [4.69, 9.17) is 5.11 Å². The van der Waals surface area contributed by atoms with Crippen molar-refractivity contribution in [2.75, 3.05) is 18.0 Å². The second-order valence-corrected chi connectivity index (χ2v) is 7.14. The fraction of sp³-hybridized carbons (Fsp3) is 0.263. The molecular formula is C19H13N5O5. The SMILES string of the molecule is N#Cc1ccc(N2C(=O)C3C4C(=O)C(CN4CC(=O)O)N3C2=O)c2cccnc12. The summed E-state index contributed by atoms with van der Waals surface area (Å²) in [6.45, 7) is -0.280. The number of ketones is 1. The van der Waals surface area contributed by atoms with Crippen LogP contribution >= 0.6 is 0 Å². The third-order valence-electron chi connectivity index (χ3n) is 5.69. The number of imide groups is 1. The van der Waals surface area contributed by atoms with Crippen molar-refractivity contribution in [3.8, 4) is 6.07 Å². The summed E-state index contributed by atoms with van der Waals surface area (Å²) >= 11 is 0. The Morgan fingerprint density at radius 1 is 1.24 bits per heavy atom. The molecule has 1 N–H and O–H groups in total. The van der Waals surface area contributed by atoms with Gasteiger partial charge in [-0.2, -0.15) is 5.26 Å². The molecule has 1 aromatic heterocycles. The van der Waals surface area contributed by atoms with Crippen LogP contribution in [0.25, 0.3) is 10.9 Å². The lowest BCUT2D eigenvalue weighted by Crippen LogP contribution is -2.54. The van der Waals surface area contributed by atoms with E-state index in [9.17, 15) is 24.4 Å². The van der Waals surface area contributed by atoms with E-state index in [2.05, 4.69) is 4.98 Å². The van der Waals surface area contributed by atoms with Crippen molar-refractivity contribution in [1.29, 1.82) is 5.26 Å².